The standard InChI is InChI=1S/C42H68N8O11S4/c1-7-26(37(55)47-12-14-49-35(53)19-33(41(49)59)64-23-29(43-3)39(57)45-5)21-62-31-8-9-32(31)63-22-27(18-28(52)11-17-61-16-10-25(2)51)38(56)48-13-15-50-36(54)20-34(42(50)60)65-24-30(44-4)40(58)46-6/h26-27,29-34,43-44H,7-24H2,1-6H3,(H,45,57)(H,46,58)(H,47,55)(H,48,56). The molecule has 1 aliphatic carbocycles. The Balaban J connectivity index is 1.48. The second-order valence-electron chi connectivity index (χ2n) is 16.0. The maximum Gasteiger partial charge on any atom is 0.242 e. The Morgan fingerprint density at radius 2 is 1.08 bits per heavy atom. The lowest BCUT2D eigenvalue weighted by molar-refractivity contribution is -0.140. The molecule has 8 unspecified atom stereocenters. The van der Waals surface area contributed by atoms with Gasteiger partial charge in [0.15, 0.2) is 0 Å². The van der Waals surface area contributed by atoms with Crippen molar-refractivity contribution in [3.05, 3.63) is 0 Å². The number of ether oxygens (including phenoxy) is 1. The highest BCUT2D eigenvalue weighted by Gasteiger charge is 2.41. The van der Waals surface area contributed by atoms with E-state index in [2.05, 4.69) is 31.9 Å². The van der Waals surface area contributed by atoms with Crippen LogP contribution < -0.4 is 31.9 Å². The van der Waals surface area contributed by atoms with Crippen LogP contribution in [0.4, 0.5) is 0 Å². The third-order valence-electron chi connectivity index (χ3n) is 11.4. The Hall–Kier alpha value is -3.22. The number of ketones is 2. The van der Waals surface area contributed by atoms with Crippen LogP contribution in [0.3, 0.4) is 0 Å². The Kier molecular flexibility index (Phi) is 25.5. The average molecular weight is 989 g/mol. The van der Waals surface area contributed by atoms with Gasteiger partial charge in [-0.25, -0.2) is 0 Å². The Bertz CT molecular complexity index is 1700. The van der Waals surface area contributed by atoms with E-state index in [0.29, 0.717) is 29.4 Å². The first kappa shape index (κ1) is 56.1. The number of carbonyl (C=O) groups excluding carboxylic acids is 10. The predicted molar refractivity (Wildman–Crippen MR) is 254 cm³/mol. The van der Waals surface area contributed by atoms with Crippen LogP contribution in [-0.4, -0.2) is 192 Å². The minimum absolute atomic E-state index is 0.000884. The highest BCUT2D eigenvalue weighted by Crippen LogP contribution is 2.42. The highest BCUT2D eigenvalue weighted by atomic mass is 32.2. The minimum Gasteiger partial charge on any atom is -0.381 e. The summed E-state index contributed by atoms with van der Waals surface area (Å²) in [6.07, 6.45) is 2.78. The number of thioether (sulfide) groups is 4. The van der Waals surface area contributed by atoms with Crippen LogP contribution in [0.2, 0.25) is 0 Å². The number of likely N-dealkylation sites (tertiary alicyclic amines) is 2. The SMILES string of the molecule is CCC(CSC1CCC1SCC(CC(=O)CCOCCC(C)=O)C(=O)NCCN1C(=O)CC(SCC(NC)C(=O)NC)C1=O)C(=O)NCCN1C(=O)CC(SCC(NC)C(=O)NC)C1=O. The fraction of sp³-hybridized carbons (Fsp3) is 0.762. The molecule has 1 saturated carbocycles. The number of carbonyl (C=O) groups is 10. The van der Waals surface area contributed by atoms with Crippen molar-refractivity contribution in [2.24, 2.45) is 11.8 Å². The number of nitrogens with zero attached hydrogens (tertiary/aromatic N) is 2. The van der Waals surface area contributed by atoms with Gasteiger partial charge >= 0.3 is 0 Å². The van der Waals surface area contributed by atoms with Crippen molar-refractivity contribution in [1.29, 1.82) is 0 Å². The molecule has 0 aromatic carbocycles. The molecule has 3 fully saturated rings. The van der Waals surface area contributed by atoms with Crippen LogP contribution in [0.15, 0.2) is 0 Å². The number of amides is 8. The average Bonchev–Trinajstić information content (AvgIpc) is 3.70. The Morgan fingerprint density at radius 3 is 1.49 bits per heavy atom. The van der Waals surface area contributed by atoms with E-state index < -0.39 is 28.5 Å². The molecule has 0 spiro atoms. The van der Waals surface area contributed by atoms with Gasteiger partial charge in [-0.1, -0.05) is 6.92 Å². The normalized spacial score (nSPS) is 21.4. The summed E-state index contributed by atoms with van der Waals surface area (Å²) in [6.45, 7) is 3.91. The zero-order valence-corrected chi connectivity index (χ0v) is 41.6. The van der Waals surface area contributed by atoms with E-state index >= 15 is 0 Å². The Morgan fingerprint density at radius 1 is 0.631 bits per heavy atom. The summed E-state index contributed by atoms with van der Waals surface area (Å²) in [5.41, 5.74) is 0. The van der Waals surface area contributed by atoms with Gasteiger partial charge in [-0.3, -0.25) is 57.7 Å². The summed E-state index contributed by atoms with van der Waals surface area (Å²) in [5.74, 6) is -1.93. The van der Waals surface area contributed by atoms with Gasteiger partial charge in [0, 0.05) is 112 Å². The summed E-state index contributed by atoms with van der Waals surface area (Å²) >= 11 is 5.79. The van der Waals surface area contributed by atoms with E-state index in [4.69, 9.17) is 4.74 Å². The maximum atomic E-state index is 13.6. The summed E-state index contributed by atoms with van der Waals surface area (Å²) in [4.78, 5) is 129. The quantitative estimate of drug-likeness (QED) is 0.0361. The molecular weight excluding hydrogens is 921 g/mol. The number of imide groups is 2. The molecule has 0 bridgehead atoms. The van der Waals surface area contributed by atoms with Crippen LogP contribution in [0.25, 0.3) is 0 Å². The molecular formula is C42H68N8O11S4. The molecule has 2 heterocycles. The molecule has 3 aliphatic rings. The smallest absolute Gasteiger partial charge is 0.242 e. The number of rotatable bonds is 33. The molecule has 2 aliphatic heterocycles. The van der Waals surface area contributed by atoms with E-state index in [-0.39, 0.29) is 147 Å². The molecule has 6 N–H and O–H groups in total. The molecule has 0 aromatic heterocycles. The van der Waals surface area contributed by atoms with Crippen molar-refractivity contribution in [2.45, 2.75) is 98.3 Å². The summed E-state index contributed by atoms with van der Waals surface area (Å²) in [5, 5.41) is 15.9. The largest absolute Gasteiger partial charge is 0.381 e. The van der Waals surface area contributed by atoms with Gasteiger partial charge in [0.2, 0.25) is 47.3 Å². The van der Waals surface area contributed by atoms with Gasteiger partial charge in [-0.05, 0) is 40.3 Å². The van der Waals surface area contributed by atoms with Crippen molar-refractivity contribution < 1.29 is 52.7 Å². The number of Topliss-reactive ketones (excluding diaryl/α,β-unsaturated/α-hetero) is 2. The molecule has 3 rings (SSSR count). The van der Waals surface area contributed by atoms with E-state index in [0.717, 1.165) is 17.7 Å². The first-order chi connectivity index (χ1) is 31.1. The lowest BCUT2D eigenvalue weighted by atomic mass is 9.99. The third kappa shape index (κ3) is 18.1. The number of hydrogen-bond acceptors (Lipinski definition) is 17. The molecule has 2 saturated heterocycles. The van der Waals surface area contributed by atoms with Crippen molar-refractivity contribution in [3.8, 4) is 0 Å². The minimum atomic E-state index is -0.683. The molecule has 0 aromatic rings. The Labute approximate surface area is 399 Å². The fourth-order valence-electron chi connectivity index (χ4n) is 7.05. The lowest BCUT2D eigenvalue weighted by Crippen LogP contribution is -2.44. The van der Waals surface area contributed by atoms with Crippen LogP contribution in [-0.2, 0) is 52.7 Å². The zero-order chi connectivity index (χ0) is 48.1. The summed E-state index contributed by atoms with van der Waals surface area (Å²) in [7, 11) is 6.35. The van der Waals surface area contributed by atoms with E-state index in [9.17, 15) is 47.9 Å². The van der Waals surface area contributed by atoms with Crippen molar-refractivity contribution in [2.75, 3.05) is 90.6 Å². The number of nitrogens with one attached hydrogen (secondary N) is 6. The van der Waals surface area contributed by atoms with Gasteiger partial charge in [0.05, 0.1) is 41.7 Å². The van der Waals surface area contributed by atoms with Crippen molar-refractivity contribution >= 4 is 106 Å². The first-order valence-electron chi connectivity index (χ1n) is 22.2. The first-order valence-corrected chi connectivity index (χ1v) is 26.3. The molecule has 8 amide bonds. The lowest BCUT2D eigenvalue weighted by Gasteiger charge is -2.37. The molecule has 8 atom stereocenters. The van der Waals surface area contributed by atoms with Gasteiger partial charge in [0.1, 0.15) is 11.6 Å². The monoisotopic (exact) mass is 988 g/mol. The fourth-order valence-corrected chi connectivity index (χ4v) is 13.0. The van der Waals surface area contributed by atoms with Crippen molar-refractivity contribution in [1.82, 2.24) is 41.7 Å². The number of likely N-dealkylation sites (N-methyl/N-ethyl adjacent to an activating group) is 4. The van der Waals surface area contributed by atoms with E-state index in [1.54, 1.807) is 37.6 Å². The van der Waals surface area contributed by atoms with Gasteiger partial charge in [-0.15, -0.1) is 23.5 Å². The second kappa shape index (κ2) is 29.5. The van der Waals surface area contributed by atoms with Gasteiger partial charge in [0.25, 0.3) is 0 Å². The van der Waals surface area contributed by atoms with Crippen LogP contribution in [0.1, 0.15) is 65.2 Å². The van der Waals surface area contributed by atoms with Crippen LogP contribution in [0, 0.1) is 11.8 Å². The summed E-state index contributed by atoms with van der Waals surface area (Å²) < 4.78 is 5.44. The van der Waals surface area contributed by atoms with Crippen molar-refractivity contribution in [3.63, 3.8) is 0 Å². The topological polar surface area (TPSA) is 259 Å². The van der Waals surface area contributed by atoms with Crippen LogP contribution in [0.5, 0.6) is 0 Å². The van der Waals surface area contributed by atoms with Gasteiger partial charge < -0.3 is 36.6 Å². The van der Waals surface area contributed by atoms with E-state index in [1.807, 2.05) is 6.92 Å². The highest BCUT2D eigenvalue weighted by molar-refractivity contribution is 8.04. The molecule has 19 nitrogen and oxygen atoms in total. The molecule has 0 radical (unpaired) electrons. The molecule has 65 heavy (non-hydrogen) atoms. The number of hydrogen-bond donors (Lipinski definition) is 6. The third-order valence-corrected chi connectivity index (χ3v) is 17.4. The zero-order valence-electron chi connectivity index (χ0n) is 38.4. The summed E-state index contributed by atoms with van der Waals surface area (Å²) in [6, 6.07) is -1.03. The van der Waals surface area contributed by atoms with Gasteiger partial charge in [-0.2, -0.15) is 23.5 Å². The molecule has 23 heteroatoms. The maximum absolute atomic E-state index is 13.6. The van der Waals surface area contributed by atoms with E-state index in [1.165, 1.54) is 49.4 Å². The predicted octanol–water partition coefficient (Wildman–Crippen LogP) is -0.407. The van der Waals surface area contributed by atoms with Crippen LogP contribution >= 0.6 is 47.0 Å². The second-order valence-corrected chi connectivity index (χ2v) is 21.0. The molecule has 366 valence electrons.